The summed E-state index contributed by atoms with van der Waals surface area (Å²) >= 11 is 6.04. The first-order valence-corrected chi connectivity index (χ1v) is 8.35. The van der Waals surface area contributed by atoms with Crippen molar-refractivity contribution in [2.75, 3.05) is 11.4 Å². The second-order valence-corrected chi connectivity index (χ2v) is 6.47. The lowest BCUT2D eigenvalue weighted by Gasteiger charge is -2.25. The van der Waals surface area contributed by atoms with Crippen molar-refractivity contribution in [3.05, 3.63) is 64.7 Å². The van der Waals surface area contributed by atoms with Gasteiger partial charge in [-0.1, -0.05) is 41.9 Å². The van der Waals surface area contributed by atoms with Crippen LogP contribution in [0.25, 0.3) is 0 Å². The van der Waals surface area contributed by atoms with E-state index in [1.807, 2.05) is 61.2 Å². The number of para-hydroxylation sites is 1. The second-order valence-electron chi connectivity index (χ2n) is 6.03. The normalized spacial score (nSPS) is 16.0. The summed E-state index contributed by atoms with van der Waals surface area (Å²) in [5.74, 6) is 0.115. The Morgan fingerprint density at radius 2 is 1.96 bits per heavy atom. The number of hydrogen-bond donors (Lipinski definition) is 1. The second kappa shape index (κ2) is 6.73. The summed E-state index contributed by atoms with van der Waals surface area (Å²) in [5, 5.41) is 4.09. The van der Waals surface area contributed by atoms with Crippen molar-refractivity contribution in [2.24, 2.45) is 0 Å². The van der Waals surface area contributed by atoms with E-state index in [2.05, 4.69) is 11.4 Å². The Morgan fingerprint density at radius 1 is 1.17 bits per heavy atom. The summed E-state index contributed by atoms with van der Waals surface area (Å²) in [5.41, 5.74) is 3.37. The molecule has 0 aromatic heterocycles. The van der Waals surface area contributed by atoms with Gasteiger partial charge in [-0.25, -0.2) is 0 Å². The lowest BCUT2D eigenvalue weighted by Crippen LogP contribution is -2.45. The standard InChI is InChI=1S/C19H21ClN2O/c1-13(16-7-5-8-17(20)12-16)21-14(2)19(23)22-11-10-15-6-3-4-9-18(15)22/h3-9,12-14,21H,10-11H2,1-2H3/t13-,14-/m0/s1. The molecule has 0 fully saturated rings. The Kier molecular flexibility index (Phi) is 4.69. The molecule has 1 N–H and O–H groups in total. The number of benzene rings is 2. The number of nitrogens with one attached hydrogen (secondary N) is 1. The number of amides is 1. The highest BCUT2D eigenvalue weighted by atomic mass is 35.5. The van der Waals surface area contributed by atoms with Gasteiger partial charge in [-0.3, -0.25) is 10.1 Å². The van der Waals surface area contributed by atoms with Gasteiger partial charge in [0.2, 0.25) is 5.91 Å². The van der Waals surface area contributed by atoms with E-state index in [-0.39, 0.29) is 18.0 Å². The summed E-state index contributed by atoms with van der Waals surface area (Å²) in [7, 11) is 0. The lowest BCUT2D eigenvalue weighted by atomic mass is 10.1. The third kappa shape index (κ3) is 3.41. The molecule has 0 radical (unpaired) electrons. The lowest BCUT2D eigenvalue weighted by molar-refractivity contribution is -0.120. The molecule has 23 heavy (non-hydrogen) atoms. The highest BCUT2D eigenvalue weighted by molar-refractivity contribution is 6.30. The van der Waals surface area contributed by atoms with Crippen molar-refractivity contribution in [2.45, 2.75) is 32.4 Å². The van der Waals surface area contributed by atoms with Crippen molar-refractivity contribution in [3.8, 4) is 0 Å². The van der Waals surface area contributed by atoms with Crippen molar-refractivity contribution >= 4 is 23.2 Å². The van der Waals surface area contributed by atoms with Crippen LogP contribution in [0.3, 0.4) is 0 Å². The molecule has 0 spiro atoms. The largest absolute Gasteiger partial charge is 0.310 e. The third-order valence-corrected chi connectivity index (χ3v) is 4.61. The zero-order chi connectivity index (χ0) is 16.4. The van der Waals surface area contributed by atoms with Crippen LogP contribution in [0.2, 0.25) is 5.02 Å². The number of rotatable bonds is 4. The van der Waals surface area contributed by atoms with E-state index in [1.54, 1.807) is 0 Å². The van der Waals surface area contributed by atoms with Crippen LogP contribution in [0.5, 0.6) is 0 Å². The van der Waals surface area contributed by atoms with Gasteiger partial charge >= 0.3 is 0 Å². The Morgan fingerprint density at radius 3 is 2.74 bits per heavy atom. The Hall–Kier alpha value is -1.84. The minimum atomic E-state index is -0.255. The number of carbonyl (C=O) groups excluding carboxylic acids is 1. The van der Waals surface area contributed by atoms with Crippen LogP contribution < -0.4 is 10.2 Å². The van der Waals surface area contributed by atoms with E-state index in [9.17, 15) is 4.79 Å². The van der Waals surface area contributed by atoms with Crippen LogP contribution in [0, 0.1) is 0 Å². The summed E-state index contributed by atoms with van der Waals surface area (Å²) in [6.07, 6.45) is 0.929. The van der Waals surface area contributed by atoms with Gasteiger partial charge in [0.05, 0.1) is 6.04 Å². The first kappa shape index (κ1) is 16.0. The third-order valence-electron chi connectivity index (χ3n) is 4.37. The Labute approximate surface area is 142 Å². The average Bonchev–Trinajstić information content (AvgIpc) is 2.98. The maximum atomic E-state index is 12.8. The molecule has 3 rings (SSSR count). The van der Waals surface area contributed by atoms with Crippen molar-refractivity contribution in [1.29, 1.82) is 0 Å². The average molecular weight is 329 g/mol. The van der Waals surface area contributed by atoms with Crippen molar-refractivity contribution in [3.63, 3.8) is 0 Å². The Bertz CT molecular complexity index is 716. The van der Waals surface area contributed by atoms with Crippen LogP contribution in [-0.2, 0) is 11.2 Å². The quantitative estimate of drug-likeness (QED) is 0.921. The van der Waals surface area contributed by atoms with E-state index in [0.717, 1.165) is 24.2 Å². The molecule has 0 aliphatic carbocycles. The van der Waals surface area contributed by atoms with Gasteiger partial charge in [0.25, 0.3) is 0 Å². The van der Waals surface area contributed by atoms with Crippen LogP contribution in [0.15, 0.2) is 48.5 Å². The summed E-state index contributed by atoms with van der Waals surface area (Å²) in [4.78, 5) is 14.7. The predicted molar refractivity (Wildman–Crippen MR) is 95.0 cm³/mol. The molecular weight excluding hydrogens is 308 g/mol. The fourth-order valence-electron chi connectivity index (χ4n) is 3.12. The van der Waals surface area contributed by atoms with Gasteiger partial charge in [0, 0.05) is 23.3 Å². The molecule has 1 aliphatic heterocycles. The molecule has 0 unspecified atom stereocenters. The van der Waals surface area contributed by atoms with Gasteiger partial charge in [0.1, 0.15) is 0 Å². The molecule has 2 aromatic carbocycles. The number of nitrogens with zero attached hydrogens (tertiary/aromatic N) is 1. The summed E-state index contributed by atoms with van der Waals surface area (Å²) in [6.45, 7) is 4.73. The van der Waals surface area contributed by atoms with E-state index in [1.165, 1.54) is 5.56 Å². The van der Waals surface area contributed by atoms with Gasteiger partial charge in [-0.05, 0) is 49.6 Å². The predicted octanol–water partition coefficient (Wildman–Crippen LogP) is 3.97. The van der Waals surface area contributed by atoms with Gasteiger partial charge < -0.3 is 4.90 Å². The number of halogens is 1. The fourth-order valence-corrected chi connectivity index (χ4v) is 3.32. The molecule has 2 atom stereocenters. The molecule has 4 heteroatoms. The molecule has 0 saturated carbocycles. The number of hydrogen-bond acceptors (Lipinski definition) is 2. The fraction of sp³-hybridized carbons (Fsp3) is 0.316. The Balaban J connectivity index is 1.69. The monoisotopic (exact) mass is 328 g/mol. The minimum Gasteiger partial charge on any atom is -0.310 e. The molecule has 1 aliphatic rings. The molecule has 1 heterocycles. The van der Waals surface area contributed by atoms with Crippen LogP contribution in [0.4, 0.5) is 5.69 Å². The SMILES string of the molecule is C[C@H](N[C@@H](C)c1cccc(Cl)c1)C(=O)N1CCc2ccccc21. The molecular formula is C19H21ClN2O. The van der Waals surface area contributed by atoms with Crippen LogP contribution >= 0.6 is 11.6 Å². The molecule has 120 valence electrons. The highest BCUT2D eigenvalue weighted by Crippen LogP contribution is 2.28. The molecule has 0 bridgehead atoms. The summed E-state index contributed by atoms with van der Waals surface area (Å²) < 4.78 is 0. The topological polar surface area (TPSA) is 32.3 Å². The maximum Gasteiger partial charge on any atom is 0.243 e. The van der Waals surface area contributed by atoms with E-state index < -0.39 is 0 Å². The number of fused-ring (bicyclic) bond motifs is 1. The highest BCUT2D eigenvalue weighted by Gasteiger charge is 2.28. The van der Waals surface area contributed by atoms with Crippen LogP contribution in [-0.4, -0.2) is 18.5 Å². The minimum absolute atomic E-state index is 0.0606. The zero-order valence-electron chi connectivity index (χ0n) is 13.4. The zero-order valence-corrected chi connectivity index (χ0v) is 14.2. The first-order chi connectivity index (χ1) is 11.1. The molecule has 3 nitrogen and oxygen atoms in total. The summed E-state index contributed by atoms with van der Waals surface area (Å²) in [6, 6.07) is 15.7. The molecule has 1 amide bonds. The van der Waals surface area contributed by atoms with E-state index >= 15 is 0 Å². The number of carbonyl (C=O) groups is 1. The van der Waals surface area contributed by atoms with Crippen molar-refractivity contribution < 1.29 is 4.79 Å². The van der Waals surface area contributed by atoms with Gasteiger partial charge in [-0.15, -0.1) is 0 Å². The van der Waals surface area contributed by atoms with Crippen molar-refractivity contribution in [1.82, 2.24) is 5.32 Å². The van der Waals surface area contributed by atoms with Gasteiger partial charge in [-0.2, -0.15) is 0 Å². The number of anilines is 1. The smallest absolute Gasteiger partial charge is 0.243 e. The first-order valence-electron chi connectivity index (χ1n) is 7.97. The molecule has 2 aromatic rings. The molecule has 0 saturated heterocycles. The maximum absolute atomic E-state index is 12.8. The van der Waals surface area contributed by atoms with E-state index in [0.29, 0.717) is 5.02 Å². The van der Waals surface area contributed by atoms with Gasteiger partial charge in [0.15, 0.2) is 0 Å². The van der Waals surface area contributed by atoms with Crippen LogP contribution in [0.1, 0.15) is 31.0 Å². The van der Waals surface area contributed by atoms with E-state index in [4.69, 9.17) is 11.6 Å².